The molecule has 1 rings (SSSR count). The van der Waals surface area contributed by atoms with Crippen molar-refractivity contribution in [2.75, 3.05) is 6.54 Å². The molecular weight excluding hydrogens is 194 g/mol. The summed E-state index contributed by atoms with van der Waals surface area (Å²) in [6.07, 6.45) is 4.33. The lowest BCUT2D eigenvalue weighted by Crippen LogP contribution is -2.09. The van der Waals surface area contributed by atoms with Gasteiger partial charge in [-0.3, -0.25) is 4.79 Å². The van der Waals surface area contributed by atoms with Crippen molar-refractivity contribution in [1.29, 1.82) is 0 Å². The Morgan fingerprint density at radius 2 is 2.07 bits per heavy atom. The molecule has 0 aromatic heterocycles. The molecule has 0 amide bonds. The predicted octanol–water partition coefficient (Wildman–Crippen LogP) is 0.942. The summed E-state index contributed by atoms with van der Waals surface area (Å²) in [6, 6.07) is 4.70. The van der Waals surface area contributed by atoms with Crippen molar-refractivity contribution >= 4 is 6.29 Å². The molecular formula is C11H13NO3. The average Bonchev–Trinajstić information content (AvgIpc) is 2.23. The van der Waals surface area contributed by atoms with E-state index in [-0.39, 0.29) is 11.5 Å². The van der Waals surface area contributed by atoms with Gasteiger partial charge in [-0.2, -0.15) is 0 Å². The SMILES string of the molecule is O=C/C=C\NCCc1ccc(O)c(O)c1. The van der Waals surface area contributed by atoms with E-state index in [1.807, 2.05) is 0 Å². The summed E-state index contributed by atoms with van der Waals surface area (Å²) in [5.41, 5.74) is 0.914. The summed E-state index contributed by atoms with van der Waals surface area (Å²) in [5, 5.41) is 21.2. The first-order valence-corrected chi connectivity index (χ1v) is 4.58. The Hall–Kier alpha value is -1.97. The smallest absolute Gasteiger partial charge is 0.157 e. The summed E-state index contributed by atoms with van der Waals surface area (Å²) in [4.78, 5) is 9.93. The van der Waals surface area contributed by atoms with Crippen molar-refractivity contribution in [3.63, 3.8) is 0 Å². The fourth-order valence-electron chi connectivity index (χ4n) is 1.13. The van der Waals surface area contributed by atoms with E-state index in [0.717, 1.165) is 5.56 Å². The number of nitrogens with one attached hydrogen (secondary N) is 1. The normalized spacial score (nSPS) is 10.4. The van der Waals surface area contributed by atoms with Crippen molar-refractivity contribution < 1.29 is 15.0 Å². The van der Waals surface area contributed by atoms with Crippen LogP contribution in [0.3, 0.4) is 0 Å². The molecule has 0 aliphatic carbocycles. The van der Waals surface area contributed by atoms with Crippen molar-refractivity contribution in [2.24, 2.45) is 0 Å². The van der Waals surface area contributed by atoms with Crippen molar-refractivity contribution in [3.8, 4) is 11.5 Å². The largest absolute Gasteiger partial charge is 0.504 e. The Morgan fingerprint density at radius 1 is 1.27 bits per heavy atom. The quantitative estimate of drug-likeness (QED) is 0.291. The number of carbonyl (C=O) groups excluding carboxylic acids is 1. The lowest BCUT2D eigenvalue weighted by atomic mass is 10.1. The Bertz CT molecular complexity index is 361. The van der Waals surface area contributed by atoms with Crippen LogP contribution in [-0.2, 0) is 11.2 Å². The van der Waals surface area contributed by atoms with Gasteiger partial charge in [-0.15, -0.1) is 0 Å². The maximum Gasteiger partial charge on any atom is 0.157 e. The van der Waals surface area contributed by atoms with Crippen LogP contribution in [-0.4, -0.2) is 23.0 Å². The van der Waals surface area contributed by atoms with E-state index in [1.165, 1.54) is 18.2 Å². The van der Waals surface area contributed by atoms with Gasteiger partial charge in [0.2, 0.25) is 0 Å². The zero-order valence-corrected chi connectivity index (χ0v) is 8.18. The minimum absolute atomic E-state index is 0.115. The van der Waals surface area contributed by atoms with Gasteiger partial charge in [0, 0.05) is 6.54 Å². The molecule has 1 aromatic carbocycles. The third-order valence-electron chi connectivity index (χ3n) is 1.89. The number of hydrogen-bond donors (Lipinski definition) is 3. The lowest BCUT2D eigenvalue weighted by Gasteiger charge is -2.03. The monoisotopic (exact) mass is 207 g/mol. The first-order valence-electron chi connectivity index (χ1n) is 4.58. The number of phenolic OH excluding ortho intramolecular Hbond substituents is 2. The van der Waals surface area contributed by atoms with Gasteiger partial charge in [-0.25, -0.2) is 0 Å². The first kappa shape index (κ1) is 11.1. The Morgan fingerprint density at radius 3 is 2.73 bits per heavy atom. The van der Waals surface area contributed by atoms with E-state index < -0.39 is 0 Å². The molecule has 0 aliphatic rings. The third-order valence-corrected chi connectivity index (χ3v) is 1.89. The third kappa shape index (κ3) is 3.72. The number of phenols is 2. The van der Waals surface area contributed by atoms with E-state index in [4.69, 9.17) is 5.11 Å². The minimum atomic E-state index is -0.118. The molecule has 0 radical (unpaired) electrons. The maximum absolute atomic E-state index is 9.93. The number of hydrogen-bond acceptors (Lipinski definition) is 4. The second kappa shape index (κ2) is 5.70. The highest BCUT2D eigenvalue weighted by atomic mass is 16.3. The van der Waals surface area contributed by atoms with E-state index in [1.54, 1.807) is 12.3 Å². The van der Waals surface area contributed by atoms with Crippen LogP contribution in [0.4, 0.5) is 0 Å². The zero-order valence-electron chi connectivity index (χ0n) is 8.18. The standard InChI is InChI=1S/C11H13NO3/c13-7-1-5-12-6-4-9-2-3-10(14)11(15)8-9/h1-3,5,7-8,12,14-15H,4,6H2/b5-1-. The van der Waals surface area contributed by atoms with Gasteiger partial charge >= 0.3 is 0 Å². The molecule has 0 bridgehead atoms. The van der Waals surface area contributed by atoms with Gasteiger partial charge in [0.1, 0.15) is 6.29 Å². The number of carbonyl (C=O) groups is 1. The van der Waals surface area contributed by atoms with Crippen LogP contribution in [0.15, 0.2) is 30.5 Å². The van der Waals surface area contributed by atoms with Gasteiger partial charge in [0.15, 0.2) is 11.5 Å². The maximum atomic E-state index is 9.93. The van der Waals surface area contributed by atoms with Gasteiger partial charge in [-0.1, -0.05) is 6.07 Å². The van der Waals surface area contributed by atoms with Crippen LogP contribution in [0.5, 0.6) is 11.5 Å². The van der Waals surface area contributed by atoms with Crippen LogP contribution >= 0.6 is 0 Å². The molecule has 0 unspecified atom stereocenters. The molecule has 15 heavy (non-hydrogen) atoms. The molecule has 3 N–H and O–H groups in total. The second-order valence-electron chi connectivity index (χ2n) is 3.02. The van der Waals surface area contributed by atoms with Crippen molar-refractivity contribution in [3.05, 3.63) is 36.0 Å². The summed E-state index contributed by atoms with van der Waals surface area (Å²) in [5.74, 6) is -0.233. The van der Waals surface area contributed by atoms with Gasteiger partial charge in [0.05, 0.1) is 0 Å². The molecule has 0 atom stereocenters. The molecule has 4 heteroatoms. The Labute approximate surface area is 87.9 Å². The molecule has 0 saturated heterocycles. The Kier molecular flexibility index (Phi) is 4.22. The predicted molar refractivity (Wildman–Crippen MR) is 56.7 cm³/mol. The fourth-order valence-corrected chi connectivity index (χ4v) is 1.13. The highest BCUT2D eigenvalue weighted by molar-refractivity contribution is 5.64. The molecule has 0 fully saturated rings. The molecule has 4 nitrogen and oxygen atoms in total. The molecule has 80 valence electrons. The molecule has 0 aliphatic heterocycles. The number of aromatic hydroxyl groups is 2. The fraction of sp³-hybridized carbons (Fsp3) is 0.182. The van der Waals surface area contributed by atoms with E-state index >= 15 is 0 Å². The topological polar surface area (TPSA) is 69.6 Å². The van der Waals surface area contributed by atoms with Crippen LogP contribution in [0, 0.1) is 0 Å². The van der Waals surface area contributed by atoms with Gasteiger partial charge < -0.3 is 15.5 Å². The second-order valence-corrected chi connectivity index (χ2v) is 3.02. The number of benzene rings is 1. The van der Waals surface area contributed by atoms with Crippen molar-refractivity contribution in [1.82, 2.24) is 5.32 Å². The lowest BCUT2D eigenvalue weighted by molar-refractivity contribution is -0.104. The minimum Gasteiger partial charge on any atom is -0.504 e. The van der Waals surface area contributed by atoms with Crippen LogP contribution in [0.1, 0.15) is 5.56 Å². The number of allylic oxidation sites excluding steroid dienone is 1. The molecule has 1 aromatic rings. The van der Waals surface area contributed by atoms with Crippen LogP contribution in [0.2, 0.25) is 0 Å². The van der Waals surface area contributed by atoms with E-state index in [0.29, 0.717) is 19.3 Å². The molecule has 0 saturated carbocycles. The highest BCUT2D eigenvalue weighted by Crippen LogP contribution is 2.24. The molecule has 0 heterocycles. The van der Waals surface area contributed by atoms with Crippen LogP contribution < -0.4 is 5.32 Å². The number of aldehydes is 1. The summed E-state index contributed by atoms with van der Waals surface area (Å²) in [7, 11) is 0. The summed E-state index contributed by atoms with van der Waals surface area (Å²) < 4.78 is 0. The summed E-state index contributed by atoms with van der Waals surface area (Å²) in [6.45, 7) is 0.661. The van der Waals surface area contributed by atoms with Crippen molar-refractivity contribution in [2.45, 2.75) is 6.42 Å². The Balaban J connectivity index is 2.41. The van der Waals surface area contributed by atoms with Crippen LogP contribution in [0.25, 0.3) is 0 Å². The average molecular weight is 207 g/mol. The molecule has 0 spiro atoms. The van der Waals surface area contributed by atoms with Gasteiger partial charge in [-0.05, 0) is 36.4 Å². The number of rotatable bonds is 5. The van der Waals surface area contributed by atoms with Gasteiger partial charge in [0.25, 0.3) is 0 Å². The highest BCUT2D eigenvalue weighted by Gasteiger charge is 1.99. The first-order chi connectivity index (χ1) is 7.24. The van der Waals surface area contributed by atoms with E-state index in [2.05, 4.69) is 5.32 Å². The van der Waals surface area contributed by atoms with E-state index in [9.17, 15) is 9.90 Å². The summed E-state index contributed by atoms with van der Waals surface area (Å²) >= 11 is 0. The zero-order chi connectivity index (χ0) is 11.1.